The molecule has 3 heterocycles. The van der Waals surface area contributed by atoms with E-state index in [9.17, 15) is 45.6 Å². The van der Waals surface area contributed by atoms with Crippen LogP contribution in [0.1, 0.15) is 6.92 Å². The molecule has 2 aromatic carbocycles. The summed E-state index contributed by atoms with van der Waals surface area (Å²) in [5.41, 5.74) is -0.528. The molecule has 2 fully saturated rings. The van der Waals surface area contributed by atoms with Gasteiger partial charge in [-0.05, 0) is 37.3 Å². The Morgan fingerprint density at radius 2 is 1.58 bits per heavy atom. The second-order valence-electron chi connectivity index (χ2n) is 10.3. The van der Waals surface area contributed by atoms with E-state index in [1.165, 1.54) is 38.3 Å². The highest BCUT2D eigenvalue weighted by atomic mass is 16.8. The van der Waals surface area contributed by atoms with Gasteiger partial charge in [0.05, 0.1) is 25.2 Å². The van der Waals surface area contributed by atoms with Crippen molar-refractivity contribution in [2.24, 2.45) is 0 Å². The molecule has 10 atom stereocenters. The fourth-order valence-electron chi connectivity index (χ4n) is 4.94. The van der Waals surface area contributed by atoms with Crippen LogP contribution in [0.3, 0.4) is 0 Å². The largest absolute Gasteiger partial charge is 0.504 e. The number of hydrogen-bond donors (Lipinski definition) is 8. The summed E-state index contributed by atoms with van der Waals surface area (Å²) in [4.78, 5) is 13.8. The molecule has 43 heavy (non-hydrogen) atoms. The zero-order valence-corrected chi connectivity index (χ0v) is 22.9. The number of aliphatic hydroxyl groups is 6. The van der Waals surface area contributed by atoms with Gasteiger partial charge in [-0.15, -0.1) is 0 Å². The summed E-state index contributed by atoms with van der Waals surface area (Å²) in [6, 6.07) is 8.02. The van der Waals surface area contributed by atoms with Gasteiger partial charge in [0.25, 0.3) is 0 Å². The molecule has 0 saturated carbocycles. The number of benzene rings is 2. The monoisotopic (exact) mass is 608 g/mol. The Bertz CT molecular complexity index is 1510. The van der Waals surface area contributed by atoms with Gasteiger partial charge in [-0.3, -0.25) is 4.79 Å². The lowest BCUT2D eigenvalue weighted by molar-refractivity contribution is -0.355. The summed E-state index contributed by atoms with van der Waals surface area (Å²) < 4.78 is 34.1. The summed E-state index contributed by atoms with van der Waals surface area (Å²) in [5.74, 6) is -1.28. The summed E-state index contributed by atoms with van der Waals surface area (Å²) in [7, 11) is 1.42. The predicted molar refractivity (Wildman–Crippen MR) is 143 cm³/mol. The van der Waals surface area contributed by atoms with Crippen molar-refractivity contribution in [2.75, 3.05) is 13.7 Å². The van der Waals surface area contributed by atoms with Crippen LogP contribution in [-0.2, 0) is 14.2 Å². The minimum Gasteiger partial charge on any atom is -0.504 e. The smallest absolute Gasteiger partial charge is 0.235 e. The van der Waals surface area contributed by atoms with Crippen LogP contribution in [-0.4, -0.2) is 116 Å². The standard InChI is InChI=1S/C28H32O15/c1-10-18(32)22(36)26(43-27-23(37)21(35)20(34)17(9-29)41-27)28(39-10)42-25-19(33)13-5-4-12(38-2)8-16(13)40-24(25)11-3-6-14(30)15(31)7-11/h3-8,10,17-18,20-23,26-32,34-37H,9H2,1-2H3/t10-,17+,18-,20+,21-,22+,23+,26+,27-,28-/m0/s1. The van der Waals surface area contributed by atoms with E-state index in [4.69, 9.17) is 28.1 Å². The molecule has 8 N–H and O–H groups in total. The molecule has 1 aromatic heterocycles. The van der Waals surface area contributed by atoms with Gasteiger partial charge in [0, 0.05) is 11.6 Å². The van der Waals surface area contributed by atoms with E-state index in [0.717, 1.165) is 12.1 Å². The molecule has 15 heteroatoms. The van der Waals surface area contributed by atoms with Crippen LogP contribution in [0.2, 0.25) is 0 Å². The van der Waals surface area contributed by atoms with Crippen LogP contribution >= 0.6 is 0 Å². The first-order chi connectivity index (χ1) is 20.4. The van der Waals surface area contributed by atoms with Gasteiger partial charge in [-0.2, -0.15) is 0 Å². The van der Waals surface area contributed by atoms with Crippen molar-refractivity contribution in [1.82, 2.24) is 0 Å². The van der Waals surface area contributed by atoms with Crippen LogP contribution in [0, 0.1) is 0 Å². The molecule has 3 aromatic rings. The number of aliphatic hydroxyl groups excluding tert-OH is 6. The quantitative estimate of drug-likeness (QED) is 0.149. The highest BCUT2D eigenvalue weighted by molar-refractivity contribution is 5.83. The molecule has 5 rings (SSSR count). The average Bonchev–Trinajstić information content (AvgIpc) is 3.00. The Hall–Kier alpha value is -3.51. The number of ether oxygens (including phenoxy) is 5. The minimum atomic E-state index is -1.86. The van der Waals surface area contributed by atoms with Gasteiger partial charge in [0.15, 0.2) is 29.7 Å². The van der Waals surface area contributed by atoms with Gasteiger partial charge in [0.1, 0.15) is 48.0 Å². The third kappa shape index (κ3) is 5.74. The predicted octanol–water partition coefficient (Wildman–Crippen LogP) is -1.09. The van der Waals surface area contributed by atoms with Crippen molar-refractivity contribution in [3.63, 3.8) is 0 Å². The van der Waals surface area contributed by atoms with E-state index in [-0.39, 0.29) is 22.3 Å². The second kappa shape index (κ2) is 12.2. The van der Waals surface area contributed by atoms with Crippen molar-refractivity contribution in [3.05, 3.63) is 46.6 Å². The lowest BCUT2D eigenvalue weighted by Crippen LogP contribution is -2.64. The van der Waals surface area contributed by atoms with Gasteiger partial charge in [-0.25, -0.2) is 0 Å². The van der Waals surface area contributed by atoms with E-state index < -0.39 is 90.7 Å². The molecule has 2 aliphatic rings. The number of methoxy groups -OCH3 is 1. The van der Waals surface area contributed by atoms with Gasteiger partial charge in [0.2, 0.25) is 17.5 Å². The molecule has 0 spiro atoms. The molecule has 2 saturated heterocycles. The Labute approximate surface area is 243 Å². The number of hydrogen-bond acceptors (Lipinski definition) is 15. The van der Waals surface area contributed by atoms with Crippen LogP contribution in [0.5, 0.6) is 23.0 Å². The zero-order chi connectivity index (χ0) is 31.2. The molecule has 0 unspecified atom stereocenters. The van der Waals surface area contributed by atoms with E-state index in [1.807, 2.05) is 0 Å². The maximum atomic E-state index is 13.8. The summed E-state index contributed by atoms with van der Waals surface area (Å²) in [5, 5.41) is 81.8. The summed E-state index contributed by atoms with van der Waals surface area (Å²) in [6.45, 7) is 0.669. The van der Waals surface area contributed by atoms with Gasteiger partial charge >= 0.3 is 0 Å². The lowest BCUT2D eigenvalue weighted by Gasteiger charge is -2.45. The topological polar surface area (TPSA) is 238 Å². The third-order valence-electron chi connectivity index (χ3n) is 7.45. The first-order valence-electron chi connectivity index (χ1n) is 13.3. The van der Waals surface area contributed by atoms with Gasteiger partial charge < -0.3 is 69.0 Å². The molecule has 0 radical (unpaired) electrons. The molecule has 2 aliphatic heterocycles. The third-order valence-corrected chi connectivity index (χ3v) is 7.45. The molecule has 0 bridgehead atoms. The highest BCUT2D eigenvalue weighted by Gasteiger charge is 2.51. The highest BCUT2D eigenvalue weighted by Crippen LogP contribution is 2.38. The lowest BCUT2D eigenvalue weighted by atomic mass is 9.97. The first-order valence-corrected chi connectivity index (χ1v) is 13.3. The number of phenolic OH excluding ortho intramolecular Hbond substituents is 2. The second-order valence-corrected chi connectivity index (χ2v) is 10.3. The Morgan fingerprint density at radius 3 is 2.26 bits per heavy atom. The van der Waals surface area contributed by atoms with Crippen LogP contribution in [0.25, 0.3) is 22.3 Å². The number of aromatic hydroxyl groups is 2. The Morgan fingerprint density at radius 1 is 0.837 bits per heavy atom. The van der Waals surface area contributed by atoms with Crippen LogP contribution in [0.15, 0.2) is 45.6 Å². The summed E-state index contributed by atoms with van der Waals surface area (Å²) in [6.07, 6.45) is -16.2. The van der Waals surface area contributed by atoms with Crippen LogP contribution in [0.4, 0.5) is 0 Å². The van der Waals surface area contributed by atoms with Crippen molar-refractivity contribution < 1.29 is 69.0 Å². The van der Waals surface area contributed by atoms with E-state index >= 15 is 0 Å². The molecular weight excluding hydrogens is 576 g/mol. The summed E-state index contributed by atoms with van der Waals surface area (Å²) >= 11 is 0. The van der Waals surface area contributed by atoms with E-state index in [2.05, 4.69) is 0 Å². The van der Waals surface area contributed by atoms with Crippen molar-refractivity contribution in [2.45, 2.75) is 68.3 Å². The number of rotatable bonds is 7. The molecule has 0 aliphatic carbocycles. The normalized spacial score (nSPS) is 32.9. The van der Waals surface area contributed by atoms with Crippen molar-refractivity contribution >= 4 is 11.0 Å². The minimum absolute atomic E-state index is 0.0541. The maximum Gasteiger partial charge on any atom is 0.235 e. The fourth-order valence-corrected chi connectivity index (χ4v) is 4.94. The van der Waals surface area contributed by atoms with Crippen molar-refractivity contribution in [3.8, 4) is 34.3 Å². The van der Waals surface area contributed by atoms with E-state index in [1.54, 1.807) is 0 Å². The molecule has 234 valence electrons. The molecule has 15 nitrogen and oxygen atoms in total. The Balaban J connectivity index is 1.58. The van der Waals surface area contributed by atoms with Crippen molar-refractivity contribution in [1.29, 1.82) is 0 Å². The first kappa shape index (κ1) is 30.9. The zero-order valence-electron chi connectivity index (χ0n) is 22.9. The number of phenols is 2. The average molecular weight is 609 g/mol. The number of fused-ring (bicyclic) bond motifs is 1. The Kier molecular flexibility index (Phi) is 8.80. The van der Waals surface area contributed by atoms with E-state index in [0.29, 0.717) is 5.75 Å². The van der Waals surface area contributed by atoms with Gasteiger partial charge in [-0.1, -0.05) is 0 Å². The SMILES string of the molecule is COc1ccc2c(=O)c(O[C@@H]3O[C@@H](C)[C@H](O)[C@@H](O)[C@H]3O[C@@H]3O[C@H](CO)[C@@H](O)[C@H](O)[C@H]3O)c(-c3ccc(O)c(O)c3)oc2c1. The molecular formula is C28H32O15. The molecule has 0 amide bonds. The maximum absolute atomic E-state index is 13.8. The fraction of sp³-hybridized carbons (Fsp3) is 0.464. The van der Waals surface area contributed by atoms with Crippen LogP contribution < -0.4 is 14.9 Å².